The molecule has 0 saturated carbocycles. The Kier molecular flexibility index (Phi) is 6.52. The Morgan fingerprint density at radius 3 is 2.20 bits per heavy atom. The molecule has 0 fully saturated rings. The average Bonchev–Trinajstić information content (AvgIpc) is 2.74. The Morgan fingerprint density at radius 2 is 1.60 bits per heavy atom. The van der Waals surface area contributed by atoms with Crippen molar-refractivity contribution in [2.45, 2.75) is 26.7 Å². The molecule has 0 bridgehead atoms. The van der Waals surface area contributed by atoms with E-state index in [0.29, 0.717) is 6.54 Å². The number of phenolic OH excluding ortho intramolecular Hbond substituents is 2. The SMILES string of the molecule is CCN(CC)CCCNC(=O)Cc1cc(O)c2c(c1O)C(=O)c1ccccc1C2=O. The van der Waals surface area contributed by atoms with E-state index >= 15 is 0 Å². The Hall–Kier alpha value is -3.19. The van der Waals surface area contributed by atoms with Crippen LogP contribution in [-0.4, -0.2) is 58.8 Å². The second-order valence-corrected chi connectivity index (χ2v) is 7.26. The fourth-order valence-corrected chi connectivity index (χ4v) is 3.75. The summed E-state index contributed by atoms with van der Waals surface area (Å²) in [4.78, 5) is 40.2. The molecule has 0 radical (unpaired) electrons. The molecule has 0 atom stereocenters. The van der Waals surface area contributed by atoms with Gasteiger partial charge in [0, 0.05) is 23.2 Å². The van der Waals surface area contributed by atoms with Gasteiger partial charge < -0.3 is 20.4 Å². The minimum atomic E-state index is -0.547. The summed E-state index contributed by atoms with van der Waals surface area (Å²) in [5.41, 5.74) is -0.0123. The molecule has 3 rings (SSSR count). The highest BCUT2D eigenvalue weighted by molar-refractivity contribution is 6.30. The number of carbonyl (C=O) groups is 3. The molecule has 0 spiro atoms. The molecule has 0 heterocycles. The molecule has 1 aliphatic rings. The topological polar surface area (TPSA) is 107 Å². The predicted molar refractivity (Wildman–Crippen MR) is 112 cm³/mol. The molecule has 1 aliphatic carbocycles. The predicted octanol–water partition coefficient (Wildman–Crippen LogP) is 2.26. The molecule has 0 saturated heterocycles. The van der Waals surface area contributed by atoms with Crippen LogP contribution in [0.5, 0.6) is 11.5 Å². The van der Waals surface area contributed by atoms with Crippen molar-refractivity contribution in [3.05, 3.63) is 58.1 Å². The number of nitrogens with one attached hydrogen (secondary N) is 1. The number of hydrogen-bond donors (Lipinski definition) is 3. The van der Waals surface area contributed by atoms with Crippen molar-refractivity contribution >= 4 is 17.5 Å². The summed E-state index contributed by atoms with van der Waals surface area (Å²) in [6.45, 7) is 7.41. The standard InChI is InChI=1S/C23H26N2O5/c1-3-25(4-2)11-7-10-24-18(27)13-14-12-17(26)19-20(21(14)28)23(30)16-9-6-5-8-15(16)22(19)29/h5-6,8-9,12,26,28H,3-4,7,10-11,13H2,1-2H3,(H,24,27). The molecular weight excluding hydrogens is 384 g/mol. The smallest absolute Gasteiger partial charge is 0.224 e. The third-order valence-electron chi connectivity index (χ3n) is 5.45. The molecule has 0 unspecified atom stereocenters. The van der Waals surface area contributed by atoms with Crippen LogP contribution in [0.3, 0.4) is 0 Å². The third kappa shape index (κ3) is 4.07. The molecule has 0 aliphatic heterocycles. The van der Waals surface area contributed by atoms with Gasteiger partial charge in [0.2, 0.25) is 5.91 Å². The Bertz CT molecular complexity index is 995. The fourth-order valence-electron chi connectivity index (χ4n) is 3.75. The van der Waals surface area contributed by atoms with Gasteiger partial charge >= 0.3 is 0 Å². The number of carbonyl (C=O) groups excluding carboxylic acids is 3. The molecule has 3 N–H and O–H groups in total. The second-order valence-electron chi connectivity index (χ2n) is 7.26. The molecule has 7 nitrogen and oxygen atoms in total. The van der Waals surface area contributed by atoms with E-state index in [1.807, 2.05) is 0 Å². The van der Waals surface area contributed by atoms with Crippen LogP contribution in [0.25, 0.3) is 0 Å². The number of hydrogen-bond acceptors (Lipinski definition) is 6. The number of aromatic hydroxyl groups is 2. The van der Waals surface area contributed by atoms with Crippen LogP contribution in [0.2, 0.25) is 0 Å². The zero-order valence-corrected chi connectivity index (χ0v) is 17.2. The second kappa shape index (κ2) is 9.09. The summed E-state index contributed by atoms with van der Waals surface area (Å²) >= 11 is 0. The van der Waals surface area contributed by atoms with Crippen molar-refractivity contribution in [2.75, 3.05) is 26.2 Å². The van der Waals surface area contributed by atoms with Gasteiger partial charge in [-0.15, -0.1) is 0 Å². The molecule has 7 heteroatoms. The first-order valence-corrected chi connectivity index (χ1v) is 10.1. The third-order valence-corrected chi connectivity index (χ3v) is 5.45. The zero-order chi connectivity index (χ0) is 21.8. The van der Waals surface area contributed by atoms with Crippen LogP contribution in [0.15, 0.2) is 30.3 Å². The highest BCUT2D eigenvalue weighted by Crippen LogP contribution is 2.40. The molecule has 2 aromatic carbocycles. The van der Waals surface area contributed by atoms with E-state index in [1.165, 1.54) is 18.2 Å². The quantitative estimate of drug-likeness (QED) is 0.388. The highest BCUT2D eigenvalue weighted by Gasteiger charge is 2.35. The molecule has 2 aromatic rings. The van der Waals surface area contributed by atoms with Gasteiger partial charge in [0.25, 0.3) is 0 Å². The maximum atomic E-state index is 12.9. The number of phenols is 2. The lowest BCUT2D eigenvalue weighted by molar-refractivity contribution is -0.120. The minimum Gasteiger partial charge on any atom is -0.507 e. The summed E-state index contributed by atoms with van der Waals surface area (Å²) < 4.78 is 0. The van der Waals surface area contributed by atoms with Gasteiger partial charge in [-0.1, -0.05) is 38.1 Å². The summed E-state index contributed by atoms with van der Waals surface area (Å²) in [6.07, 6.45) is 0.583. The monoisotopic (exact) mass is 410 g/mol. The van der Waals surface area contributed by atoms with E-state index in [-0.39, 0.29) is 40.1 Å². The lowest BCUT2D eigenvalue weighted by atomic mass is 9.82. The lowest BCUT2D eigenvalue weighted by Crippen LogP contribution is -2.30. The van der Waals surface area contributed by atoms with Crippen LogP contribution in [0.4, 0.5) is 0 Å². The Balaban J connectivity index is 1.77. The number of benzene rings is 2. The summed E-state index contributed by atoms with van der Waals surface area (Å²) in [5.74, 6) is -2.26. The first kappa shape index (κ1) is 21.5. The van der Waals surface area contributed by atoms with Gasteiger partial charge in [-0.3, -0.25) is 14.4 Å². The van der Waals surface area contributed by atoms with Crippen LogP contribution in [-0.2, 0) is 11.2 Å². The van der Waals surface area contributed by atoms with Gasteiger partial charge in [-0.05, 0) is 32.1 Å². The van der Waals surface area contributed by atoms with E-state index < -0.39 is 23.1 Å². The minimum absolute atomic E-state index is 0.105. The van der Waals surface area contributed by atoms with Crippen molar-refractivity contribution in [2.24, 2.45) is 0 Å². The Morgan fingerprint density at radius 1 is 1.00 bits per heavy atom. The molecular formula is C23H26N2O5. The largest absolute Gasteiger partial charge is 0.507 e. The van der Waals surface area contributed by atoms with Crippen molar-refractivity contribution in [3.8, 4) is 11.5 Å². The zero-order valence-electron chi connectivity index (χ0n) is 17.2. The first-order valence-electron chi connectivity index (χ1n) is 10.1. The lowest BCUT2D eigenvalue weighted by Gasteiger charge is -2.21. The molecule has 30 heavy (non-hydrogen) atoms. The highest BCUT2D eigenvalue weighted by atomic mass is 16.3. The first-order chi connectivity index (χ1) is 14.4. The van der Waals surface area contributed by atoms with E-state index in [2.05, 4.69) is 24.1 Å². The van der Waals surface area contributed by atoms with Gasteiger partial charge in [-0.2, -0.15) is 0 Å². The molecule has 158 valence electrons. The number of ketones is 2. The summed E-state index contributed by atoms with van der Waals surface area (Å²) in [5, 5.41) is 23.8. The van der Waals surface area contributed by atoms with Gasteiger partial charge in [0.1, 0.15) is 11.5 Å². The van der Waals surface area contributed by atoms with E-state index in [4.69, 9.17) is 0 Å². The van der Waals surface area contributed by atoms with Gasteiger partial charge in [0.05, 0.1) is 17.5 Å². The summed E-state index contributed by atoms with van der Waals surface area (Å²) in [6, 6.07) is 7.45. The van der Waals surface area contributed by atoms with Crippen LogP contribution in [0.1, 0.15) is 57.7 Å². The van der Waals surface area contributed by atoms with Gasteiger partial charge in [-0.25, -0.2) is 0 Å². The van der Waals surface area contributed by atoms with E-state index in [0.717, 1.165) is 26.1 Å². The van der Waals surface area contributed by atoms with Crippen molar-refractivity contribution < 1.29 is 24.6 Å². The van der Waals surface area contributed by atoms with Gasteiger partial charge in [0.15, 0.2) is 11.6 Å². The summed E-state index contributed by atoms with van der Waals surface area (Å²) in [7, 11) is 0. The van der Waals surface area contributed by atoms with E-state index in [9.17, 15) is 24.6 Å². The Labute approximate surface area is 175 Å². The van der Waals surface area contributed by atoms with Crippen molar-refractivity contribution in [1.29, 1.82) is 0 Å². The number of fused-ring (bicyclic) bond motifs is 2. The van der Waals surface area contributed by atoms with Crippen LogP contribution < -0.4 is 5.32 Å². The maximum absolute atomic E-state index is 12.9. The van der Waals surface area contributed by atoms with Crippen LogP contribution >= 0.6 is 0 Å². The van der Waals surface area contributed by atoms with Crippen molar-refractivity contribution in [3.63, 3.8) is 0 Å². The average molecular weight is 410 g/mol. The fraction of sp³-hybridized carbons (Fsp3) is 0.348. The number of nitrogens with zero attached hydrogens (tertiary/aromatic N) is 1. The maximum Gasteiger partial charge on any atom is 0.224 e. The van der Waals surface area contributed by atoms with Crippen LogP contribution in [0, 0.1) is 0 Å². The molecule has 1 amide bonds. The van der Waals surface area contributed by atoms with Crippen molar-refractivity contribution in [1.82, 2.24) is 10.2 Å². The van der Waals surface area contributed by atoms with E-state index in [1.54, 1.807) is 12.1 Å². The molecule has 0 aromatic heterocycles. The normalized spacial score (nSPS) is 12.6. The number of rotatable bonds is 8. The number of amides is 1.